The van der Waals surface area contributed by atoms with Gasteiger partial charge in [-0.3, -0.25) is 14.5 Å². The second-order valence-electron chi connectivity index (χ2n) is 6.09. The highest BCUT2D eigenvalue weighted by molar-refractivity contribution is 7.99. The Morgan fingerprint density at radius 3 is 2.83 bits per heavy atom. The molecular weight excluding hydrogens is 316 g/mol. The molecule has 23 heavy (non-hydrogen) atoms. The van der Waals surface area contributed by atoms with Crippen LogP contribution in [-0.4, -0.2) is 76.5 Å². The molecule has 2 aliphatic heterocycles. The Morgan fingerprint density at radius 1 is 1.35 bits per heavy atom. The summed E-state index contributed by atoms with van der Waals surface area (Å²) in [4.78, 5) is 28.0. The van der Waals surface area contributed by atoms with Crippen LogP contribution < -0.4 is 0 Å². The fraction of sp³-hybridized carbons (Fsp3) is 0.500. The lowest BCUT2D eigenvalue weighted by molar-refractivity contribution is -0.138. The van der Waals surface area contributed by atoms with Gasteiger partial charge in [-0.15, -0.1) is 11.8 Å². The highest BCUT2D eigenvalue weighted by atomic mass is 32.2. The van der Waals surface area contributed by atoms with Crippen LogP contribution >= 0.6 is 11.8 Å². The van der Waals surface area contributed by atoms with Crippen LogP contribution in [0.15, 0.2) is 29.2 Å². The van der Waals surface area contributed by atoms with Crippen molar-refractivity contribution >= 4 is 23.6 Å². The number of aliphatic hydroxyl groups excluding tert-OH is 1. The molecule has 1 fully saturated rings. The molecule has 1 amide bonds. The summed E-state index contributed by atoms with van der Waals surface area (Å²) in [7, 11) is 1.66. The minimum Gasteiger partial charge on any atom is -0.480 e. The lowest BCUT2D eigenvalue weighted by Gasteiger charge is -2.25. The van der Waals surface area contributed by atoms with Crippen LogP contribution in [0.4, 0.5) is 0 Å². The predicted molar refractivity (Wildman–Crippen MR) is 86.5 cm³/mol. The Morgan fingerprint density at radius 2 is 2.09 bits per heavy atom. The third kappa shape index (κ3) is 3.22. The van der Waals surface area contributed by atoms with Crippen molar-refractivity contribution in [2.45, 2.75) is 23.0 Å². The number of aliphatic hydroxyl groups is 1. The molecule has 3 rings (SSSR count). The minimum absolute atomic E-state index is 0.0210. The summed E-state index contributed by atoms with van der Waals surface area (Å²) in [5, 5.41) is 19.1. The molecule has 2 heterocycles. The van der Waals surface area contributed by atoms with Gasteiger partial charge in [0.25, 0.3) is 0 Å². The van der Waals surface area contributed by atoms with Gasteiger partial charge in [-0.05, 0) is 18.7 Å². The van der Waals surface area contributed by atoms with E-state index in [0.29, 0.717) is 6.54 Å². The van der Waals surface area contributed by atoms with Crippen LogP contribution in [0.1, 0.15) is 11.5 Å². The second-order valence-corrected chi connectivity index (χ2v) is 7.15. The number of fused-ring (bicyclic) bond motifs is 1. The van der Waals surface area contributed by atoms with Gasteiger partial charge in [-0.25, -0.2) is 0 Å². The van der Waals surface area contributed by atoms with Crippen molar-refractivity contribution in [3.63, 3.8) is 0 Å². The van der Waals surface area contributed by atoms with E-state index < -0.39 is 12.1 Å². The molecule has 0 radical (unpaired) electrons. The number of carbonyl (C=O) groups excluding carboxylic acids is 1. The average molecular weight is 336 g/mol. The number of rotatable bonds is 4. The molecule has 0 saturated carbocycles. The summed E-state index contributed by atoms with van der Waals surface area (Å²) in [5.41, 5.74) is 1.05. The first-order chi connectivity index (χ1) is 11.0. The van der Waals surface area contributed by atoms with Crippen LogP contribution in [0.3, 0.4) is 0 Å². The topological polar surface area (TPSA) is 81.1 Å². The van der Waals surface area contributed by atoms with Gasteiger partial charge >= 0.3 is 5.97 Å². The van der Waals surface area contributed by atoms with Gasteiger partial charge in [0.1, 0.15) is 0 Å². The lowest BCUT2D eigenvalue weighted by Crippen LogP contribution is -2.43. The van der Waals surface area contributed by atoms with E-state index in [1.807, 2.05) is 24.3 Å². The third-order valence-corrected chi connectivity index (χ3v) is 5.70. The zero-order chi connectivity index (χ0) is 16.6. The summed E-state index contributed by atoms with van der Waals surface area (Å²) in [6, 6.07) is 7.58. The van der Waals surface area contributed by atoms with Gasteiger partial charge in [0, 0.05) is 23.7 Å². The number of likely N-dealkylation sites (N-methyl/N-ethyl adjacent to an activating group) is 1. The van der Waals surface area contributed by atoms with Crippen molar-refractivity contribution in [3.05, 3.63) is 29.8 Å². The van der Waals surface area contributed by atoms with Crippen LogP contribution in [0.5, 0.6) is 0 Å². The number of benzene rings is 1. The number of carbonyl (C=O) groups is 2. The van der Waals surface area contributed by atoms with E-state index in [2.05, 4.69) is 0 Å². The van der Waals surface area contributed by atoms with Gasteiger partial charge in [-0.1, -0.05) is 18.2 Å². The van der Waals surface area contributed by atoms with E-state index in [4.69, 9.17) is 5.11 Å². The van der Waals surface area contributed by atoms with E-state index in [1.165, 1.54) is 0 Å². The number of aliphatic carboxylic acids is 1. The van der Waals surface area contributed by atoms with Crippen molar-refractivity contribution in [1.29, 1.82) is 0 Å². The summed E-state index contributed by atoms with van der Waals surface area (Å²) in [5.74, 6) is -0.370. The summed E-state index contributed by atoms with van der Waals surface area (Å²) in [6.07, 6.45) is -0.715. The van der Waals surface area contributed by atoms with Crippen molar-refractivity contribution in [1.82, 2.24) is 9.80 Å². The molecule has 0 aliphatic carbocycles. The molecule has 1 aromatic rings. The Hall–Kier alpha value is -1.57. The number of likely N-dealkylation sites (tertiary alicyclic amines) is 1. The minimum atomic E-state index is -0.939. The molecule has 3 atom stereocenters. The molecule has 0 spiro atoms. The molecule has 124 valence electrons. The van der Waals surface area contributed by atoms with E-state index >= 15 is 0 Å². The summed E-state index contributed by atoms with van der Waals surface area (Å²) in [6.45, 7) is 0.482. The maximum absolute atomic E-state index is 12.8. The Labute approximate surface area is 139 Å². The van der Waals surface area contributed by atoms with Gasteiger partial charge in [0.15, 0.2) is 0 Å². The maximum atomic E-state index is 12.8. The molecule has 7 heteroatoms. The first kappa shape index (κ1) is 16.3. The van der Waals surface area contributed by atoms with E-state index in [9.17, 15) is 14.7 Å². The first-order valence-electron chi connectivity index (χ1n) is 7.58. The monoisotopic (exact) mass is 336 g/mol. The van der Waals surface area contributed by atoms with Gasteiger partial charge in [-0.2, -0.15) is 0 Å². The zero-order valence-electron chi connectivity index (χ0n) is 12.9. The largest absolute Gasteiger partial charge is 0.480 e. The number of nitrogens with zero attached hydrogens (tertiary/aromatic N) is 2. The first-order valence-corrected chi connectivity index (χ1v) is 8.56. The standard InChI is InChI=1S/C16H20N2O4S/c1-17(8-15(20)21)12-6-18(7-13(12)19)16(22)11-9-23-14-5-3-2-4-10(11)14/h2-5,11-13,19H,6-9H2,1H3,(H,20,21)/t11-,12+,13+/m0/s1. The SMILES string of the molecule is CN(CC(=O)O)[C@@H]1CN(C(=O)[C@H]2CSc3ccccc32)C[C@H]1O. The molecular formula is C16H20N2O4S. The van der Waals surface area contributed by atoms with Crippen molar-refractivity contribution < 1.29 is 19.8 Å². The van der Waals surface area contributed by atoms with E-state index in [-0.39, 0.29) is 31.0 Å². The predicted octanol–water partition coefficient (Wildman–Crippen LogP) is 0.464. The van der Waals surface area contributed by atoms with Gasteiger partial charge in [0.05, 0.1) is 24.6 Å². The highest BCUT2D eigenvalue weighted by Crippen LogP contribution is 2.40. The number of hydrogen-bond donors (Lipinski definition) is 2. The van der Waals surface area contributed by atoms with Gasteiger partial charge < -0.3 is 15.1 Å². The van der Waals surface area contributed by atoms with Crippen molar-refractivity contribution in [3.8, 4) is 0 Å². The fourth-order valence-electron chi connectivity index (χ4n) is 3.30. The number of thioether (sulfide) groups is 1. The number of β-amino-alcohol motifs (C(OH)–C–C–N with tert-alkyl or cyclic N) is 1. The average Bonchev–Trinajstić information content (AvgIpc) is 3.09. The molecule has 2 N–H and O–H groups in total. The Balaban J connectivity index is 1.69. The Kier molecular flexibility index (Phi) is 4.61. The molecule has 1 saturated heterocycles. The number of carboxylic acids is 1. The smallest absolute Gasteiger partial charge is 0.317 e. The summed E-state index contributed by atoms with van der Waals surface area (Å²) >= 11 is 1.68. The quantitative estimate of drug-likeness (QED) is 0.832. The molecule has 0 bridgehead atoms. The van der Waals surface area contributed by atoms with Crippen LogP contribution in [-0.2, 0) is 9.59 Å². The zero-order valence-corrected chi connectivity index (χ0v) is 13.7. The Bertz CT molecular complexity index is 624. The van der Waals surface area contributed by atoms with Crippen LogP contribution in [0.2, 0.25) is 0 Å². The number of amides is 1. The normalized spacial score (nSPS) is 26.6. The summed E-state index contributed by atoms with van der Waals surface area (Å²) < 4.78 is 0. The number of hydrogen-bond acceptors (Lipinski definition) is 5. The van der Waals surface area contributed by atoms with Gasteiger partial charge in [0.2, 0.25) is 5.91 Å². The van der Waals surface area contributed by atoms with E-state index in [0.717, 1.165) is 16.2 Å². The third-order valence-electron chi connectivity index (χ3n) is 4.52. The molecule has 1 aromatic carbocycles. The number of carboxylic acid groups (broad SMARTS) is 1. The second kappa shape index (κ2) is 6.51. The maximum Gasteiger partial charge on any atom is 0.317 e. The van der Waals surface area contributed by atoms with Crippen LogP contribution in [0, 0.1) is 0 Å². The lowest BCUT2D eigenvalue weighted by atomic mass is 10.00. The van der Waals surface area contributed by atoms with E-state index in [1.54, 1.807) is 28.6 Å². The van der Waals surface area contributed by atoms with Crippen molar-refractivity contribution in [2.75, 3.05) is 32.4 Å². The van der Waals surface area contributed by atoms with Crippen LogP contribution in [0.25, 0.3) is 0 Å². The van der Waals surface area contributed by atoms with Crippen molar-refractivity contribution in [2.24, 2.45) is 0 Å². The highest BCUT2D eigenvalue weighted by Gasteiger charge is 2.40. The fourth-order valence-corrected chi connectivity index (χ4v) is 4.52. The molecule has 6 nitrogen and oxygen atoms in total. The molecule has 0 unspecified atom stereocenters. The molecule has 0 aromatic heterocycles. The molecule has 2 aliphatic rings.